The third kappa shape index (κ3) is 2.13. The minimum absolute atomic E-state index is 0.107. The normalized spacial score (nSPS) is 37.5. The molecule has 3 nitrogen and oxygen atoms in total. The molecule has 1 N–H and O–H groups in total. The Morgan fingerprint density at radius 3 is 2.80 bits per heavy atom. The summed E-state index contributed by atoms with van der Waals surface area (Å²) in [7, 11) is 0. The zero-order valence-corrected chi connectivity index (χ0v) is 12.3. The molecule has 3 heteroatoms. The van der Waals surface area contributed by atoms with Gasteiger partial charge in [-0.25, -0.2) is 0 Å². The third-order valence-corrected chi connectivity index (χ3v) is 4.90. The van der Waals surface area contributed by atoms with Crippen LogP contribution in [0.25, 0.3) is 0 Å². The fourth-order valence-corrected chi connectivity index (χ4v) is 4.02. The van der Waals surface area contributed by atoms with E-state index in [1.165, 1.54) is 24.8 Å². The SMILES string of the molecule is CC1(C)CC(NC2CC3CCC2O3)c2ccccc2O1. The Morgan fingerprint density at radius 2 is 2.05 bits per heavy atom. The van der Waals surface area contributed by atoms with E-state index in [0.717, 1.165) is 12.2 Å². The molecule has 0 amide bonds. The summed E-state index contributed by atoms with van der Waals surface area (Å²) in [6.07, 6.45) is 5.58. The number of hydrogen-bond donors (Lipinski definition) is 1. The van der Waals surface area contributed by atoms with Crippen LogP contribution in [0, 0.1) is 0 Å². The molecule has 20 heavy (non-hydrogen) atoms. The molecule has 108 valence electrons. The molecule has 1 aromatic carbocycles. The van der Waals surface area contributed by atoms with Crippen molar-refractivity contribution < 1.29 is 9.47 Å². The van der Waals surface area contributed by atoms with Crippen molar-refractivity contribution >= 4 is 0 Å². The molecule has 4 unspecified atom stereocenters. The molecule has 0 spiro atoms. The van der Waals surface area contributed by atoms with Gasteiger partial charge < -0.3 is 14.8 Å². The van der Waals surface area contributed by atoms with Crippen LogP contribution in [0.3, 0.4) is 0 Å². The van der Waals surface area contributed by atoms with Crippen molar-refractivity contribution in [2.45, 2.75) is 69.4 Å². The Hall–Kier alpha value is -1.06. The van der Waals surface area contributed by atoms with Crippen LogP contribution in [0.1, 0.15) is 51.1 Å². The largest absolute Gasteiger partial charge is 0.487 e. The number of para-hydroxylation sites is 1. The van der Waals surface area contributed by atoms with Crippen molar-refractivity contribution in [1.82, 2.24) is 5.32 Å². The van der Waals surface area contributed by atoms with Crippen molar-refractivity contribution in [2.24, 2.45) is 0 Å². The molecular weight excluding hydrogens is 250 g/mol. The first-order valence-electron chi connectivity index (χ1n) is 7.80. The minimum atomic E-state index is -0.107. The van der Waals surface area contributed by atoms with E-state index in [1.54, 1.807) is 0 Å². The van der Waals surface area contributed by atoms with Gasteiger partial charge in [-0.3, -0.25) is 0 Å². The fourth-order valence-electron chi connectivity index (χ4n) is 4.02. The second-order valence-electron chi connectivity index (χ2n) is 7.04. The predicted molar refractivity (Wildman–Crippen MR) is 77.9 cm³/mol. The zero-order chi connectivity index (χ0) is 13.7. The molecule has 0 saturated carbocycles. The summed E-state index contributed by atoms with van der Waals surface area (Å²) in [6.45, 7) is 4.35. The number of benzene rings is 1. The maximum atomic E-state index is 6.10. The van der Waals surface area contributed by atoms with Crippen molar-refractivity contribution in [3.05, 3.63) is 29.8 Å². The Kier molecular flexibility index (Phi) is 2.83. The van der Waals surface area contributed by atoms with Gasteiger partial charge in [0.05, 0.1) is 12.2 Å². The monoisotopic (exact) mass is 273 g/mol. The smallest absolute Gasteiger partial charge is 0.124 e. The van der Waals surface area contributed by atoms with E-state index in [9.17, 15) is 0 Å². The molecule has 3 aliphatic rings. The topological polar surface area (TPSA) is 30.5 Å². The summed E-state index contributed by atoms with van der Waals surface area (Å²) in [5, 5.41) is 3.86. The van der Waals surface area contributed by atoms with Crippen LogP contribution in [0.4, 0.5) is 0 Å². The number of hydrogen-bond acceptors (Lipinski definition) is 3. The van der Waals surface area contributed by atoms with Crippen LogP contribution < -0.4 is 10.1 Å². The lowest BCUT2D eigenvalue weighted by Gasteiger charge is -2.39. The number of fused-ring (bicyclic) bond motifs is 3. The van der Waals surface area contributed by atoms with Gasteiger partial charge in [-0.05, 0) is 39.2 Å². The van der Waals surface area contributed by atoms with Gasteiger partial charge in [0.1, 0.15) is 11.4 Å². The highest BCUT2D eigenvalue weighted by Gasteiger charge is 2.43. The highest BCUT2D eigenvalue weighted by atomic mass is 16.5. The van der Waals surface area contributed by atoms with Crippen molar-refractivity contribution in [2.75, 3.05) is 0 Å². The van der Waals surface area contributed by atoms with Crippen LogP contribution in [0.5, 0.6) is 5.75 Å². The Morgan fingerprint density at radius 1 is 1.20 bits per heavy atom. The predicted octanol–water partition coefficient (Wildman–Crippen LogP) is 3.20. The van der Waals surface area contributed by atoms with Crippen molar-refractivity contribution in [3.8, 4) is 5.75 Å². The zero-order valence-electron chi connectivity index (χ0n) is 12.3. The first-order chi connectivity index (χ1) is 9.61. The van der Waals surface area contributed by atoms with E-state index in [4.69, 9.17) is 9.47 Å². The molecule has 2 saturated heterocycles. The van der Waals surface area contributed by atoms with Crippen LogP contribution in [0.2, 0.25) is 0 Å². The summed E-state index contributed by atoms with van der Waals surface area (Å²) >= 11 is 0. The molecule has 4 rings (SSSR count). The summed E-state index contributed by atoms with van der Waals surface area (Å²) < 4.78 is 12.1. The standard InChI is InChI=1S/C17H23NO2/c1-17(2)10-14(12-5-3-4-6-15(12)20-17)18-13-9-11-7-8-16(13)19-11/h3-6,11,13-14,16,18H,7-10H2,1-2H3. The van der Waals surface area contributed by atoms with Gasteiger partial charge in [-0.1, -0.05) is 18.2 Å². The van der Waals surface area contributed by atoms with E-state index >= 15 is 0 Å². The summed E-state index contributed by atoms with van der Waals surface area (Å²) in [4.78, 5) is 0. The van der Waals surface area contributed by atoms with Crippen molar-refractivity contribution in [1.29, 1.82) is 0 Å². The van der Waals surface area contributed by atoms with Gasteiger partial charge in [0.15, 0.2) is 0 Å². The number of nitrogens with one attached hydrogen (secondary N) is 1. The van der Waals surface area contributed by atoms with Gasteiger partial charge in [-0.2, -0.15) is 0 Å². The highest BCUT2D eigenvalue weighted by molar-refractivity contribution is 5.38. The van der Waals surface area contributed by atoms with Gasteiger partial charge in [0.25, 0.3) is 0 Å². The second-order valence-corrected chi connectivity index (χ2v) is 7.04. The van der Waals surface area contributed by atoms with E-state index in [-0.39, 0.29) is 5.60 Å². The molecule has 2 bridgehead atoms. The average molecular weight is 273 g/mol. The van der Waals surface area contributed by atoms with Crippen LogP contribution >= 0.6 is 0 Å². The summed E-state index contributed by atoms with van der Waals surface area (Å²) in [5.41, 5.74) is 1.19. The molecule has 0 radical (unpaired) electrons. The summed E-state index contributed by atoms with van der Waals surface area (Å²) in [5.74, 6) is 1.03. The van der Waals surface area contributed by atoms with Gasteiger partial charge >= 0.3 is 0 Å². The van der Waals surface area contributed by atoms with Crippen LogP contribution in [-0.2, 0) is 4.74 Å². The molecule has 4 atom stereocenters. The Bertz CT molecular complexity index is 513. The Balaban J connectivity index is 1.58. The first kappa shape index (κ1) is 12.7. The third-order valence-electron chi connectivity index (χ3n) is 4.90. The molecule has 0 aliphatic carbocycles. The minimum Gasteiger partial charge on any atom is -0.487 e. The molecule has 3 aliphatic heterocycles. The second kappa shape index (κ2) is 4.47. The van der Waals surface area contributed by atoms with E-state index in [2.05, 4.69) is 43.4 Å². The highest BCUT2D eigenvalue weighted by Crippen LogP contribution is 2.42. The van der Waals surface area contributed by atoms with E-state index in [1.807, 2.05) is 0 Å². The molecular formula is C17H23NO2. The van der Waals surface area contributed by atoms with E-state index < -0.39 is 0 Å². The van der Waals surface area contributed by atoms with Gasteiger partial charge in [0, 0.05) is 24.1 Å². The molecule has 3 heterocycles. The van der Waals surface area contributed by atoms with Gasteiger partial charge in [-0.15, -0.1) is 0 Å². The lowest BCUT2D eigenvalue weighted by Crippen LogP contribution is -2.45. The van der Waals surface area contributed by atoms with E-state index in [0.29, 0.717) is 24.3 Å². The van der Waals surface area contributed by atoms with Crippen LogP contribution in [0.15, 0.2) is 24.3 Å². The fraction of sp³-hybridized carbons (Fsp3) is 0.647. The molecule has 1 aromatic rings. The lowest BCUT2D eigenvalue weighted by molar-refractivity contribution is 0.0577. The quantitative estimate of drug-likeness (QED) is 0.897. The van der Waals surface area contributed by atoms with Gasteiger partial charge in [0.2, 0.25) is 0 Å². The number of ether oxygens (including phenoxy) is 2. The molecule has 0 aromatic heterocycles. The Labute approximate surface area is 120 Å². The van der Waals surface area contributed by atoms with Crippen LogP contribution in [-0.4, -0.2) is 23.9 Å². The maximum absolute atomic E-state index is 6.10. The lowest BCUT2D eigenvalue weighted by atomic mass is 9.87. The average Bonchev–Trinajstić information content (AvgIpc) is 2.99. The maximum Gasteiger partial charge on any atom is 0.124 e. The molecule has 2 fully saturated rings. The number of rotatable bonds is 2. The first-order valence-corrected chi connectivity index (χ1v) is 7.80. The van der Waals surface area contributed by atoms with Crippen molar-refractivity contribution in [3.63, 3.8) is 0 Å². The summed E-state index contributed by atoms with van der Waals surface area (Å²) in [6, 6.07) is 9.33.